The Kier molecular flexibility index (Phi) is 6.07. The molecule has 0 aliphatic carbocycles. The van der Waals surface area contributed by atoms with Crippen LogP contribution in [0.3, 0.4) is 0 Å². The van der Waals surface area contributed by atoms with E-state index in [1.807, 2.05) is 20.8 Å². The van der Waals surface area contributed by atoms with Gasteiger partial charge in [-0.2, -0.15) is 0 Å². The van der Waals surface area contributed by atoms with Crippen LogP contribution in [-0.4, -0.2) is 50.7 Å². The molecule has 2 aliphatic heterocycles. The molecule has 0 spiro atoms. The number of ether oxygens (including phenoxy) is 5. The van der Waals surface area contributed by atoms with Crippen LogP contribution in [0.4, 0.5) is 0 Å². The van der Waals surface area contributed by atoms with E-state index in [1.165, 1.54) is 0 Å². The Labute approximate surface area is 125 Å². The summed E-state index contributed by atoms with van der Waals surface area (Å²) in [7, 11) is 0. The molecule has 0 amide bonds. The first-order valence-corrected chi connectivity index (χ1v) is 7.42. The molecule has 1 aromatic heterocycles. The summed E-state index contributed by atoms with van der Waals surface area (Å²) in [6, 6.07) is 0. The molecular formula is C15H23NO5. The van der Waals surface area contributed by atoms with Crippen LogP contribution in [0.2, 0.25) is 0 Å². The highest BCUT2D eigenvalue weighted by Gasteiger charge is 2.20. The normalized spacial score (nSPS) is 20.2. The lowest BCUT2D eigenvalue weighted by atomic mass is 10.2. The molecular weight excluding hydrogens is 274 g/mol. The molecule has 21 heavy (non-hydrogen) atoms. The minimum Gasteiger partial charge on any atom is -0.486 e. The molecule has 0 bridgehead atoms. The van der Waals surface area contributed by atoms with Gasteiger partial charge in [-0.1, -0.05) is 13.8 Å². The molecule has 1 saturated heterocycles. The van der Waals surface area contributed by atoms with Gasteiger partial charge in [0.05, 0.1) is 31.6 Å². The van der Waals surface area contributed by atoms with Crippen molar-refractivity contribution in [3.63, 3.8) is 0 Å². The van der Waals surface area contributed by atoms with Crippen LogP contribution in [0, 0.1) is 6.92 Å². The van der Waals surface area contributed by atoms with Crippen LogP contribution in [0.15, 0.2) is 6.20 Å². The topological polar surface area (TPSA) is 59.0 Å². The third-order valence-electron chi connectivity index (χ3n) is 3.06. The van der Waals surface area contributed by atoms with Crippen molar-refractivity contribution in [3.05, 3.63) is 11.8 Å². The average Bonchev–Trinajstić information content (AvgIpc) is 2.57. The number of fused-ring (bicyclic) bond motifs is 1. The number of hydrogen-bond acceptors (Lipinski definition) is 6. The van der Waals surface area contributed by atoms with Crippen LogP contribution in [0.5, 0.6) is 17.4 Å². The van der Waals surface area contributed by atoms with Crippen molar-refractivity contribution in [2.75, 3.05) is 39.6 Å². The summed E-state index contributed by atoms with van der Waals surface area (Å²) in [5, 5.41) is 0. The van der Waals surface area contributed by atoms with Crippen LogP contribution in [0.1, 0.15) is 19.4 Å². The Morgan fingerprint density at radius 1 is 1.19 bits per heavy atom. The van der Waals surface area contributed by atoms with Crippen molar-refractivity contribution >= 4 is 0 Å². The Morgan fingerprint density at radius 2 is 2.00 bits per heavy atom. The van der Waals surface area contributed by atoms with Gasteiger partial charge in [-0.3, -0.25) is 0 Å². The summed E-state index contributed by atoms with van der Waals surface area (Å²) in [5.74, 6) is 1.95. The van der Waals surface area contributed by atoms with Gasteiger partial charge in [-0.05, 0) is 6.92 Å². The van der Waals surface area contributed by atoms with Gasteiger partial charge in [0.2, 0.25) is 5.88 Å². The molecule has 0 aromatic carbocycles. The fourth-order valence-electron chi connectivity index (χ4n) is 2.08. The molecule has 3 rings (SSSR count). The first-order chi connectivity index (χ1) is 10.3. The summed E-state index contributed by atoms with van der Waals surface area (Å²) in [6.07, 6.45) is 1.60. The highest BCUT2D eigenvalue weighted by atomic mass is 16.6. The van der Waals surface area contributed by atoms with E-state index in [0.717, 1.165) is 11.3 Å². The minimum atomic E-state index is -0.0387. The van der Waals surface area contributed by atoms with Crippen molar-refractivity contribution in [1.82, 2.24) is 4.98 Å². The summed E-state index contributed by atoms with van der Waals surface area (Å²) >= 11 is 0. The number of rotatable bonds is 3. The van der Waals surface area contributed by atoms with Crippen LogP contribution < -0.4 is 14.2 Å². The van der Waals surface area contributed by atoms with Crippen LogP contribution >= 0.6 is 0 Å². The van der Waals surface area contributed by atoms with Gasteiger partial charge in [-0.25, -0.2) is 4.98 Å². The molecule has 1 fully saturated rings. The van der Waals surface area contributed by atoms with Crippen molar-refractivity contribution in [2.24, 2.45) is 0 Å². The molecule has 2 aliphatic rings. The quantitative estimate of drug-likeness (QED) is 0.850. The summed E-state index contributed by atoms with van der Waals surface area (Å²) in [6.45, 7) is 9.27. The predicted octanol–water partition coefficient (Wildman–Crippen LogP) is 1.98. The summed E-state index contributed by atoms with van der Waals surface area (Å²) in [5.41, 5.74) is 0.855. The average molecular weight is 297 g/mol. The zero-order valence-corrected chi connectivity index (χ0v) is 12.9. The molecule has 0 radical (unpaired) electrons. The van der Waals surface area contributed by atoms with Crippen molar-refractivity contribution in [3.8, 4) is 17.4 Å². The summed E-state index contributed by atoms with van der Waals surface area (Å²) < 4.78 is 27.6. The molecule has 1 atom stereocenters. The molecule has 0 N–H and O–H groups in total. The standard InChI is InChI=1S/C13H17NO5.C2H6/c1-9-12-11(17-4-5-18-12)6-14-13(9)19-8-10-7-15-2-3-16-10;1-2/h6,10H,2-5,7-8H2,1H3;1-2H3. The van der Waals surface area contributed by atoms with Gasteiger partial charge >= 0.3 is 0 Å². The second-order valence-electron chi connectivity index (χ2n) is 4.46. The van der Waals surface area contributed by atoms with Crippen molar-refractivity contribution in [1.29, 1.82) is 0 Å². The van der Waals surface area contributed by atoms with Gasteiger partial charge in [-0.15, -0.1) is 0 Å². The lowest BCUT2D eigenvalue weighted by Gasteiger charge is -2.24. The Balaban J connectivity index is 0.000000774. The van der Waals surface area contributed by atoms with Crippen molar-refractivity contribution < 1.29 is 23.7 Å². The molecule has 1 unspecified atom stereocenters. The Morgan fingerprint density at radius 3 is 2.76 bits per heavy atom. The fourth-order valence-corrected chi connectivity index (χ4v) is 2.08. The Hall–Kier alpha value is -1.53. The van der Waals surface area contributed by atoms with E-state index < -0.39 is 0 Å². The van der Waals surface area contributed by atoms with Gasteiger partial charge in [0, 0.05) is 0 Å². The molecule has 6 heteroatoms. The second-order valence-corrected chi connectivity index (χ2v) is 4.46. The van der Waals surface area contributed by atoms with E-state index in [2.05, 4.69) is 4.98 Å². The van der Waals surface area contributed by atoms with E-state index in [1.54, 1.807) is 6.20 Å². The first-order valence-electron chi connectivity index (χ1n) is 7.42. The zero-order chi connectivity index (χ0) is 15.1. The largest absolute Gasteiger partial charge is 0.486 e. The number of aromatic nitrogens is 1. The van der Waals surface area contributed by atoms with Crippen molar-refractivity contribution in [2.45, 2.75) is 26.9 Å². The first kappa shape index (κ1) is 15.9. The summed E-state index contributed by atoms with van der Waals surface area (Å²) in [4.78, 5) is 4.25. The van der Waals surface area contributed by atoms with Gasteiger partial charge in [0.25, 0.3) is 0 Å². The zero-order valence-electron chi connectivity index (χ0n) is 12.9. The highest BCUT2D eigenvalue weighted by Crippen LogP contribution is 2.36. The third-order valence-corrected chi connectivity index (χ3v) is 3.06. The van der Waals surface area contributed by atoms with E-state index in [-0.39, 0.29) is 6.10 Å². The SMILES string of the molecule is CC.Cc1c(OCC2COCCO2)ncc2c1OCCO2. The van der Waals surface area contributed by atoms with E-state index in [4.69, 9.17) is 23.7 Å². The van der Waals surface area contributed by atoms with E-state index in [0.29, 0.717) is 51.3 Å². The lowest BCUT2D eigenvalue weighted by Crippen LogP contribution is -2.33. The molecule has 0 saturated carbocycles. The number of hydrogen-bond donors (Lipinski definition) is 0. The Bertz CT molecular complexity index is 446. The number of pyridine rings is 1. The monoisotopic (exact) mass is 297 g/mol. The van der Waals surface area contributed by atoms with Gasteiger partial charge < -0.3 is 23.7 Å². The van der Waals surface area contributed by atoms with Gasteiger partial charge in [0.1, 0.15) is 25.9 Å². The maximum absolute atomic E-state index is 5.69. The van der Waals surface area contributed by atoms with Gasteiger partial charge in [0.15, 0.2) is 11.5 Å². The maximum atomic E-state index is 5.69. The molecule has 118 valence electrons. The number of nitrogens with zero attached hydrogens (tertiary/aromatic N) is 1. The van der Waals surface area contributed by atoms with Crippen LogP contribution in [0.25, 0.3) is 0 Å². The molecule has 3 heterocycles. The van der Waals surface area contributed by atoms with E-state index in [9.17, 15) is 0 Å². The maximum Gasteiger partial charge on any atom is 0.220 e. The molecule has 1 aromatic rings. The minimum absolute atomic E-state index is 0.0387. The fraction of sp³-hybridized carbons (Fsp3) is 0.667. The molecule has 6 nitrogen and oxygen atoms in total. The highest BCUT2D eigenvalue weighted by molar-refractivity contribution is 5.49. The lowest BCUT2D eigenvalue weighted by molar-refractivity contribution is -0.102. The third kappa shape index (κ3) is 3.98. The second kappa shape index (κ2) is 8.05. The van der Waals surface area contributed by atoms with E-state index >= 15 is 0 Å². The van der Waals surface area contributed by atoms with Crippen LogP contribution in [-0.2, 0) is 9.47 Å². The predicted molar refractivity (Wildman–Crippen MR) is 77.4 cm³/mol. The smallest absolute Gasteiger partial charge is 0.220 e.